The van der Waals surface area contributed by atoms with Crippen molar-refractivity contribution in [2.75, 3.05) is 12.3 Å². The zero-order valence-corrected chi connectivity index (χ0v) is 15.0. The number of sulfone groups is 1. The molecule has 0 saturated carbocycles. The number of hydrogen-bond donors (Lipinski definition) is 2. The minimum absolute atomic E-state index is 0.00421. The molecule has 1 aromatic carbocycles. The van der Waals surface area contributed by atoms with Crippen LogP contribution in [0.5, 0.6) is 0 Å². The molecule has 1 amide bonds. The van der Waals surface area contributed by atoms with Crippen molar-refractivity contribution in [3.63, 3.8) is 0 Å². The monoisotopic (exact) mass is 363 g/mol. The van der Waals surface area contributed by atoms with Gasteiger partial charge < -0.3 is 10.3 Å². The van der Waals surface area contributed by atoms with Crippen LogP contribution in [-0.4, -0.2) is 36.6 Å². The molecule has 2 aromatic rings. The summed E-state index contributed by atoms with van der Waals surface area (Å²) < 4.78 is 24.1. The zero-order valence-electron chi connectivity index (χ0n) is 14.2. The van der Waals surface area contributed by atoms with Gasteiger partial charge in [0.05, 0.1) is 17.9 Å². The molecular formula is C17H21N3O4S. The van der Waals surface area contributed by atoms with E-state index >= 15 is 0 Å². The second kappa shape index (κ2) is 8.06. The van der Waals surface area contributed by atoms with Crippen LogP contribution < -0.4 is 10.9 Å². The van der Waals surface area contributed by atoms with Gasteiger partial charge in [-0.25, -0.2) is 13.4 Å². The molecule has 0 spiro atoms. The first kappa shape index (κ1) is 18.9. The molecule has 0 aliphatic carbocycles. The van der Waals surface area contributed by atoms with Crippen LogP contribution in [-0.2, 0) is 26.8 Å². The predicted octanol–water partition coefficient (Wildman–Crippen LogP) is 0.660. The van der Waals surface area contributed by atoms with Crippen molar-refractivity contribution in [3.05, 3.63) is 63.3 Å². The normalized spacial score (nSPS) is 11.3. The molecule has 2 rings (SSSR count). The zero-order chi connectivity index (χ0) is 18.4. The van der Waals surface area contributed by atoms with Gasteiger partial charge in [-0.3, -0.25) is 9.59 Å². The van der Waals surface area contributed by atoms with Gasteiger partial charge in [0.2, 0.25) is 5.91 Å². The van der Waals surface area contributed by atoms with Crippen LogP contribution in [0.25, 0.3) is 0 Å². The van der Waals surface area contributed by atoms with Crippen LogP contribution in [0.3, 0.4) is 0 Å². The lowest BCUT2D eigenvalue weighted by atomic mass is 10.1. The fourth-order valence-electron chi connectivity index (χ4n) is 2.43. The van der Waals surface area contributed by atoms with Crippen LogP contribution in [0, 0.1) is 13.8 Å². The molecule has 2 N–H and O–H groups in total. The van der Waals surface area contributed by atoms with E-state index in [0.717, 1.165) is 0 Å². The van der Waals surface area contributed by atoms with Crippen molar-refractivity contribution in [2.45, 2.75) is 26.0 Å². The number of aromatic nitrogens is 2. The molecule has 0 aliphatic rings. The second-order valence-electron chi connectivity index (χ2n) is 5.82. The summed E-state index contributed by atoms with van der Waals surface area (Å²) in [5.74, 6) is -0.146. The summed E-state index contributed by atoms with van der Waals surface area (Å²) in [7, 11) is -3.32. The van der Waals surface area contributed by atoms with Gasteiger partial charge in [-0.05, 0) is 19.4 Å². The Morgan fingerprint density at radius 1 is 1.20 bits per heavy atom. The maximum absolute atomic E-state index is 12.1. The summed E-state index contributed by atoms with van der Waals surface area (Å²) >= 11 is 0. The van der Waals surface area contributed by atoms with Crippen LogP contribution in [0.4, 0.5) is 0 Å². The highest BCUT2D eigenvalue weighted by Gasteiger charge is 2.14. The van der Waals surface area contributed by atoms with Crippen LogP contribution in [0.15, 0.2) is 35.1 Å². The van der Waals surface area contributed by atoms with Gasteiger partial charge in [-0.2, -0.15) is 0 Å². The van der Waals surface area contributed by atoms with Crippen molar-refractivity contribution in [1.82, 2.24) is 15.3 Å². The number of carbonyl (C=O) groups is 1. The third-order valence-electron chi connectivity index (χ3n) is 3.64. The van der Waals surface area contributed by atoms with Crippen molar-refractivity contribution >= 4 is 15.7 Å². The molecule has 0 aliphatic heterocycles. The highest BCUT2D eigenvalue weighted by Crippen LogP contribution is 2.06. The molecular weight excluding hydrogens is 342 g/mol. The van der Waals surface area contributed by atoms with Gasteiger partial charge in [0.25, 0.3) is 5.56 Å². The minimum atomic E-state index is -3.32. The van der Waals surface area contributed by atoms with E-state index in [1.807, 2.05) is 6.07 Å². The number of hydrogen-bond acceptors (Lipinski definition) is 5. The first-order valence-corrected chi connectivity index (χ1v) is 9.66. The molecule has 0 saturated heterocycles. The fourth-order valence-corrected chi connectivity index (χ4v) is 3.69. The van der Waals surface area contributed by atoms with Gasteiger partial charge in [0.15, 0.2) is 9.84 Å². The quantitative estimate of drug-likeness (QED) is 0.751. The van der Waals surface area contributed by atoms with Crippen molar-refractivity contribution in [1.29, 1.82) is 0 Å². The molecule has 0 unspecified atom stereocenters. The van der Waals surface area contributed by atoms with Crippen molar-refractivity contribution < 1.29 is 13.2 Å². The molecule has 7 nitrogen and oxygen atoms in total. The van der Waals surface area contributed by atoms with E-state index in [9.17, 15) is 18.0 Å². The molecule has 0 fully saturated rings. The Morgan fingerprint density at radius 3 is 2.52 bits per heavy atom. The molecule has 1 heterocycles. The topological polar surface area (TPSA) is 109 Å². The summed E-state index contributed by atoms with van der Waals surface area (Å²) in [5.41, 5.74) is 1.14. The SMILES string of the molecule is Cc1nc(C)c(CC(=O)NCCS(=O)(=O)Cc2ccccc2)c(=O)[nH]1. The predicted molar refractivity (Wildman–Crippen MR) is 95.0 cm³/mol. The Hall–Kier alpha value is -2.48. The Morgan fingerprint density at radius 2 is 1.88 bits per heavy atom. The average Bonchev–Trinajstić information content (AvgIpc) is 2.51. The number of aromatic amines is 1. The summed E-state index contributed by atoms with van der Waals surface area (Å²) in [6.07, 6.45) is -0.132. The Balaban J connectivity index is 1.87. The number of benzene rings is 1. The van der Waals surface area contributed by atoms with E-state index in [-0.39, 0.29) is 35.6 Å². The van der Waals surface area contributed by atoms with Gasteiger partial charge in [-0.15, -0.1) is 0 Å². The summed E-state index contributed by atoms with van der Waals surface area (Å²) in [5, 5.41) is 2.54. The van der Waals surface area contributed by atoms with E-state index in [1.54, 1.807) is 38.1 Å². The molecule has 0 radical (unpaired) electrons. The summed E-state index contributed by atoms with van der Waals surface area (Å²) in [6.45, 7) is 3.33. The first-order chi connectivity index (χ1) is 11.8. The van der Waals surface area contributed by atoms with E-state index in [1.165, 1.54) is 0 Å². The standard InChI is InChI=1S/C17H21N3O4S/c1-12-15(17(22)20-13(2)19-12)10-16(21)18-8-9-25(23,24)11-14-6-4-3-5-7-14/h3-7H,8-11H2,1-2H3,(H,18,21)(H,19,20,22). The molecule has 0 bridgehead atoms. The largest absolute Gasteiger partial charge is 0.355 e. The van der Waals surface area contributed by atoms with E-state index in [0.29, 0.717) is 17.1 Å². The summed E-state index contributed by atoms with van der Waals surface area (Å²) in [4.78, 5) is 30.5. The van der Waals surface area contributed by atoms with Gasteiger partial charge >= 0.3 is 0 Å². The minimum Gasteiger partial charge on any atom is -0.355 e. The van der Waals surface area contributed by atoms with Crippen LogP contribution >= 0.6 is 0 Å². The third kappa shape index (κ3) is 5.82. The van der Waals surface area contributed by atoms with Crippen molar-refractivity contribution in [3.8, 4) is 0 Å². The van der Waals surface area contributed by atoms with E-state index in [4.69, 9.17) is 0 Å². The van der Waals surface area contributed by atoms with E-state index in [2.05, 4.69) is 15.3 Å². The number of amides is 1. The summed E-state index contributed by atoms with van der Waals surface area (Å²) in [6, 6.07) is 8.87. The second-order valence-corrected chi connectivity index (χ2v) is 8.00. The Bertz CT molecular complexity index is 905. The van der Waals surface area contributed by atoms with Crippen LogP contribution in [0.1, 0.15) is 22.6 Å². The molecule has 8 heteroatoms. The number of rotatable bonds is 7. The number of H-pyrrole nitrogens is 1. The number of carbonyl (C=O) groups excluding carboxylic acids is 1. The lowest BCUT2D eigenvalue weighted by Gasteiger charge is -2.08. The number of nitrogens with one attached hydrogen (secondary N) is 2. The lowest BCUT2D eigenvalue weighted by molar-refractivity contribution is -0.120. The highest BCUT2D eigenvalue weighted by atomic mass is 32.2. The van der Waals surface area contributed by atoms with Gasteiger partial charge in [0, 0.05) is 17.8 Å². The highest BCUT2D eigenvalue weighted by molar-refractivity contribution is 7.90. The maximum atomic E-state index is 12.1. The fraction of sp³-hybridized carbons (Fsp3) is 0.353. The van der Waals surface area contributed by atoms with Gasteiger partial charge in [0.1, 0.15) is 5.82 Å². The van der Waals surface area contributed by atoms with Gasteiger partial charge in [-0.1, -0.05) is 30.3 Å². The average molecular weight is 363 g/mol. The number of aryl methyl sites for hydroxylation is 2. The Kier molecular flexibility index (Phi) is 6.08. The van der Waals surface area contributed by atoms with E-state index < -0.39 is 15.7 Å². The Labute approximate surface area is 146 Å². The third-order valence-corrected chi connectivity index (χ3v) is 5.24. The molecule has 25 heavy (non-hydrogen) atoms. The first-order valence-electron chi connectivity index (χ1n) is 7.84. The lowest BCUT2D eigenvalue weighted by Crippen LogP contribution is -2.32. The molecule has 0 atom stereocenters. The smallest absolute Gasteiger partial charge is 0.254 e. The molecule has 134 valence electrons. The van der Waals surface area contributed by atoms with Crippen molar-refractivity contribution in [2.24, 2.45) is 0 Å². The number of nitrogens with zero attached hydrogens (tertiary/aromatic N) is 1. The van der Waals surface area contributed by atoms with Crippen LogP contribution in [0.2, 0.25) is 0 Å². The molecule has 1 aromatic heterocycles. The maximum Gasteiger partial charge on any atom is 0.254 e.